The number of amides is 1. The largest absolute Gasteiger partial charge is 0.397 e. The molecule has 0 saturated heterocycles. The van der Waals surface area contributed by atoms with Crippen LogP contribution in [-0.2, 0) is 6.54 Å². The van der Waals surface area contributed by atoms with Crippen LogP contribution in [0, 0.1) is 5.92 Å². The van der Waals surface area contributed by atoms with Gasteiger partial charge >= 0.3 is 0 Å². The molecule has 19 heavy (non-hydrogen) atoms. The summed E-state index contributed by atoms with van der Waals surface area (Å²) in [5, 5.41) is 12.5. The monoisotopic (exact) mass is 267 g/mol. The lowest BCUT2D eigenvalue weighted by atomic mass is 10.1. The van der Waals surface area contributed by atoms with Crippen molar-refractivity contribution < 1.29 is 9.90 Å². The number of hydrogen-bond donors (Lipinski definition) is 3. The van der Waals surface area contributed by atoms with Crippen molar-refractivity contribution in [2.75, 3.05) is 12.3 Å². The molecule has 1 aromatic heterocycles. The first-order chi connectivity index (χ1) is 8.93. The van der Waals surface area contributed by atoms with Gasteiger partial charge in [-0.2, -0.15) is 0 Å². The summed E-state index contributed by atoms with van der Waals surface area (Å²) in [7, 11) is 0. The Labute approximate surface area is 114 Å². The third kappa shape index (κ3) is 4.95. The van der Waals surface area contributed by atoms with Crippen LogP contribution in [0.15, 0.2) is 12.3 Å². The number of nitrogens with two attached hydrogens (primary N) is 1. The standard InChI is InChI=1S/C14H25N3O2/c1-4-5-17-9-11(15)7-13(17)14(19)16-8-12(18)6-10(2)3/h7,9-10,12,18H,4-6,8,15H2,1-3H3,(H,16,19). The van der Waals surface area contributed by atoms with E-state index in [4.69, 9.17) is 5.73 Å². The van der Waals surface area contributed by atoms with Crippen LogP contribution in [-0.4, -0.2) is 28.2 Å². The van der Waals surface area contributed by atoms with Crippen LogP contribution < -0.4 is 11.1 Å². The van der Waals surface area contributed by atoms with Crippen LogP contribution >= 0.6 is 0 Å². The van der Waals surface area contributed by atoms with Gasteiger partial charge in [-0.15, -0.1) is 0 Å². The molecule has 0 saturated carbocycles. The van der Waals surface area contributed by atoms with Gasteiger partial charge in [0, 0.05) is 19.3 Å². The highest BCUT2D eigenvalue weighted by atomic mass is 16.3. The van der Waals surface area contributed by atoms with E-state index in [1.165, 1.54) is 0 Å². The lowest BCUT2D eigenvalue weighted by molar-refractivity contribution is 0.0891. The van der Waals surface area contributed by atoms with Gasteiger partial charge < -0.3 is 20.7 Å². The third-order valence-corrected chi connectivity index (χ3v) is 2.86. The van der Waals surface area contributed by atoms with Crippen LogP contribution in [0.1, 0.15) is 44.1 Å². The van der Waals surface area contributed by atoms with Crippen LogP contribution in [0.2, 0.25) is 0 Å². The Hall–Kier alpha value is -1.49. The summed E-state index contributed by atoms with van der Waals surface area (Å²) in [6, 6.07) is 1.67. The first-order valence-corrected chi connectivity index (χ1v) is 6.86. The van der Waals surface area contributed by atoms with Gasteiger partial charge in [-0.1, -0.05) is 20.8 Å². The zero-order chi connectivity index (χ0) is 14.4. The minimum absolute atomic E-state index is 0.187. The number of aliphatic hydroxyl groups excluding tert-OH is 1. The number of nitrogens with one attached hydrogen (secondary N) is 1. The van der Waals surface area contributed by atoms with Crippen molar-refractivity contribution in [2.45, 2.75) is 46.3 Å². The lowest BCUT2D eigenvalue weighted by Gasteiger charge is -2.14. The van der Waals surface area contributed by atoms with E-state index >= 15 is 0 Å². The van der Waals surface area contributed by atoms with Gasteiger partial charge in [-0.25, -0.2) is 0 Å². The molecule has 0 aromatic carbocycles. The van der Waals surface area contributed by atoms with Crippen molar-refractivity contribution >= 4 is 11.6 Å². The van der Waals surface area contributed by atoms with Crippen molar-refractivity contribution in [2.24, 2.45) is 5.92 Å². The summed E-state index contributed by atoms with van der Waals surface area (Å²) in [5.74, 6) is 0.222. The van der Waals surface area contributed by atoms with Crippen LogP contribution in [0.25, 0.3) is 0 Å². The molecule has 1 heterocycles. The highest BCUT2D eigenvalue weighted by Gasteiger charge is 2.14. The molecule has 1 rings (SSSR count). The quantitative estimate of drug-likeness (QED) is 0.702. The molecular weight excluding hydrogens is 242 g/mol. The lowest BCUT2D eigenvalue weighted by Crippen LogP contribution is -2.33. The topological polar surface area (TPSA) is 80.3 Å². The maximum absolute atomic E-state index is 12.0. The molecule has 0 aliphatic rings. The SMILES string of the molecule is CCCn1cc(N)cc1C(=O)NCC(O)CC(C)C. The molecule has 1 atom stereocenters. The molecule has 1 unspecified atom stereocenters. The van der Waals surface area contributed by atoms with E-state index < -0.39 is 6.10 Å². The van der Waals surface area contributed by atoms with E-state index in [-0.39, 0.29) is 12.5 Å². The zero-order valence-electron chi connectivity index (χ0n) is 12.0. The van der Waals surface area contributed by atoms with E-state index in [2.05, 4.69) is 5.32 Å². The Bertz CT molecular complexity index is 413. The van der Waals surface area contributed by atoms with Gasteiger partial charge in [0.2, 0.25) is 0 Å². The van der Waals surface area contributed by atoms with Gasteiger partial charge in [0.25, 0.3) is 5.91 Å². The predicted octanol–water partition coefficient (Wildman–Crippen LogP) is 1.62. The average molecular weight is 267 g/mol. The fraction of sp³-hybridized carbons (Fsp3) is 0.643. The number of aliphatic hydroxyl groups is 1. The summed E-state index contributed by atoms with van der Waals surface area (Å²) in [5.41, 5.74) is 6.86. The number of hydrogen-bond acceptors (Lipinski definition) is 3. The molecular formula is C14H25N3O2. The molecule has 1 aromatic rings. The first-order valence-electron chi connectivity index (χ1n) is 6.86. The fourth-order valence-corrected chi connectivity index (χ4v) is 2.08. The highest BCUT2D eigenvalue weighted by Crippen LogP contribution is 2.11. The number of carbonyl (C=O) groups is 1. The maximum atomic E-state index is 12.0. The summed E-state index contributed by atoms with van der Waals surface area (Å²) in [6.07, 6.45) is 2.88. The zero-order valence-corrected chi connectivity index (χ0v) is 12.0. The smallest absolute Gasteiger partial charge is 0.268 e. The van der Waals surface area contributed by atoms with Crippen molar-refractivity contribution in [3.8, 4) is 0 Å². The van der Waals surface area contributed by atoms with Crippen molar-refractivity contribution in [3.05, 3.63) is 18.0 Å². The van der Waals surface area contributed by atoms with Crippen molar-refractivity contribution in [3.63, 3.8) is 0 Å². The van der Waals surface area contributed by atoms with Crippen molar-refractivity contribution in [1.29, 1.82) is 0 Å². The molecule has 0 spiro atoms. The molecule has 0 radical (unpaired) electrons. The Kier molecular flexibility index (Phi) is 5.89. The molecule has 1 amide bonds. The summed E-state index contributed by atoms with van der Waals surface area (Å²) < 4.78 is 1.85. The van der Waals surface area contributed by atoms with Crippen LogP contribution in [0.4, 0.5) is 5.69 Å². The molecule has 0 aliphatic heterocycles. The van der Waals surface area contributed by atoms with Gasteiger partial charge in [-0.05, 0) is 24.8 Å². The van der Waals surface area contributed by atoms with Gasteiger partial charge in [0.15, 0.2) is 0 Å². The Balaban J connectivity index is 2.58. The molecule has 0 fully saturated rings. The van der Waals surface area contributed by atoms with E-state index in [0.717, 1.165) is 13.0 Å². The Morgan fingerprint density at radius 1 is 1.53 bits per heavy atom. The predicted molar refractivity (Wildman–Crippen MR) is 76.9 cm³/mol. The number of carbonyl (C=O) groups excluding carboxylic acids is 1. The number of nitrogens with zero attached hydrogens (tertiary/aromatic N) is 1. The van der Waals surface area contributed by atoms with E-state index in [1.54, 1.807) is 12.3 Å². The summed E-state index contributed by atoms with van der Waals surface area (Å²) in [4.78, 5) is 12.0. The Morgan fingerprint density at radius 3 is 2.79 bits per heavy atom. The van der Waals surface area contributed by atoms with Gasteiger partial charge in [-0.3, -0.25) is 4.79 Å². The second-order valence-electron chi connectivity index (χ2n) is 5.35. The highest BCUT2D eigenvalue weighted by molar-refractivity contribution is 5.93. The average Bonchev–Trinajstić information content (AvgIpc) is 2.67. The molecule has 108 valence electrons. The van der Waals surface area contributed by atoms with Gasteiger partial charge in [0.1, 0.15) is 5.69 Å². The number of rotatable bonds is 7. The number of aryl methyl sites for hydroxylation is 1. The molecule has 4 N–H and O–H groups in total. The van der Waals surface area contributed by atoms with Gasteiger partial charge in [0.05, 0.1) is 11.8 Å². The number of anilines is 1. The molecule has 0 aliphatic carbocycles. The number of nitrogen functional groups attached to an aromatic ring is 1. The normalized spacial score (nSPS) is 12.7. The minimum Gasteiger partial charge on any atom is -0.397 e. The van der Waals surface area contributed by atoms with E-state index in [9.17, 15) is 9.90 Å². The Morgan fingerprint density at radius 2 is 2.21 bits per heavy atom. The van der Waals surface area contributed by atoms with Crippen molar-refractivity contribution in [1.82, 2.24) is 9.88 Å². The third-order valence-electron chi connectivity index (χ3n) is 2.86. The minimum atomic E-state index is -0.504. The van der Waals surface area contributed by atoms with E-state index in [1.807, 2.05) is 25.3 Å². The summed E-state index contributed by atoms with van der Waals surface area (Å²) in [6.45, 7) is 7.16. The summed E-state index contributed by atoms with van der Waals surface area (Å²) >= 11 is 0. The first kappa shape index (κ1) is 15.6. The number of aromatic nitrogens is 1. The molecule has 5 heteroatoms. The van der Waals surface area contributed by atoms with E-state index in [0.29, 0.717) is 23.7 Å². The second kappa shape index (κ2) is 7.19. The fourth-order valence-electron chi connectivity index (χ4n) is 2.08. The molecule has 0 bridgehead atoms. The maximum Gasteiger partial charge on any atom is 0.268 e. The van der Waals surface area contributed by atoms with Crippen LogP contribution in [0.3, 0.4) is 0 Å². The second-order valence-corrected chi connectivity index (χ2v) is 5.35. The molecule has 5 nitrogen and oxygen atoms in total. The van der Waals surface area contributed by atoms with Crippen LogP contribution in [0.5, 0.6) is 0 Å².